The van der Waals surface area contributed by atoms with E-state index in [0.29, 0.717) is 13.1 Å². The zero-order chi connectivity index (χ0) is 16.8. The van der Waals surface area contributed by atoms with Gasteiger partial charge in [-0.2, -0.15) is 5.10 Å². The zero-order valence-corrected chi connectivity index (χ0v) is 13.3. The van der Waals surface area contributed by atoms with E-state index < -0.39 is 4.92 Å². The third kappa shape index (κ3) is 4.64. The predicted molar refractivity (Wildman–Crippen MR) is 85.6 cm³/mol. The Morgan fingerprint density at radius 2 is 2.04 bits per heavy atom. The van der Waals surface area contributed by atoms with E-state index in [1.165, 1.54) is 17.1 Å². The van der Waals surface area contributed by atoms with Crippen LogP contribution in [0.25, 0.3) is 0 Å². The fourth-order valence-electron chi connectivity index (χ4n) is 2.26. The van der Waals surface area contributed by atoms with Crippen molar-refractivity contribution in [3.63, 3.8) is 0 Å². The van der Waals surface area contributed by atoms with Crippen molar-refractivity contribution in [3.05, 3.63) is 58.4 Å². The van der Waals surface area contributed by atoms with E-state index >= 15 is 0 Å². The van der Waals surface area contributed by atoms with Gasteiger partial charge in [-0.15, -0.1) is 0 Å². The van der Waals surface area contributed by atoms with E-state index in [9.17, 15) is 14.9 Å². The largest absolute Gasteiger partial charge is 0.336 e. The minimum atomic E-state index is -0.499. The lowest BCUT2D eigenvalue weighted by molar-refractivity contribution is -0.385. The summed E-state index contributed by atoms with van der Waals surface area (Å²) in [6.07, 6.45) is 2.78. The first-order chi connectivity index (χ1) is 11.0. The number of carbonyl (C=O) groups excluding carboxylic acids is 1. The molecule has 7 nitrogen and oxygen atoms in total. The molecule has 2 rings (SSSR count). The van der Waals surface area contributed by atoms with Gasteiger partial charge in [0.25, 0.3) is 0 Å². The Labute approximate surface area is 134 Å². The highest BCUT2D eigenvalue weighted by Crippen LogP contribution is 2.12. The highest BCUT2D eigenvalue weighted by molar-refractivity contribution is 5.76. The topological polar surface area (TPSA) is 81.3 Å². The molecule has 0 N–H and O–H groups in total. The monoisotopic (exact) mass is 316 g/mol. The Bertz CT molecular complexity index is 667. The minimum Gasteiger partial charge on any atom is -0.336 e. The van der Waals surface area contributed by atoms with Gasteiger partial charge < -0.3 is 4.90 Å². The molecule has 0 aliphatic rings. The lowest BCUT2D eigenvalue weighted by atomic mass is 10.1. The van der Waals surface area contributed by atoms with Gasteiger partial charge in [-0.3, -0.25) is 19.6 Å². The lowest BCUT2D eigenvalue weighted by Gasteiger charge is -2.27. The number of hydrogen-bond acceptors (Lipinski definition) is 4. The van der Waals surface area contributed by atoms with Crippen LogP contribution in [-0.2, 0) is 17.9 Å². The Morgan fingerprint density at radius 3 is 2.61 bits per heavy atom. The number of rotatable bonds is 7. The number of hydrogen-bond donors (Lipinski definition) is 0. The summed E-state index contributed by atoms with van der Waals surface area (Å²) in [4.78, 5) is 24.4. The van der Waals surface area contributed by atoms with Gasteiger partial charge in [-0.05, 0) is 19.4 Å². The molecule has 0 unspecified atom stereocenters. The molecule has 7 heteroatoms. The van der Waals surface area contributed by atoms with E-state index in [0.717, 1.165) is 5.56 Å². The summed E-state index contributed by atoms with van der Waals surface area (Å²) in [5, 5.41) is 14.5. The molecule has 2 aromatic rings. The van der Waals surface area contributed by atoms with Crippen molar-refractivity contribution in [3.8, 4) is 0 Å². The Hall–Kier alpha value is -2.70. The fourth-order valence-corrected chi connectivity index (χ4v) is 2.26. The number of benzene rings is 1. The summed E-state index contributed by atoms with van der Waals surface area (Å²) in [5.74, 6) is 0.00186. The number of aromatic nitrogens is 2. The van der Waals surface area contributed by atoms with Crippen molar-refractivity contribution in [2.75, 3.05) is 0 Å². The molecule has 0 saturated carbocycles. The van der Waals surface area contributed by atoms with Crippen LogP contribution in [0.2, 0.25) is 0 Å². The molecule has 1 amide bonds. The molecule has 1 heterocycles. The van der Waals surface area contributed by atoms with Crippen LogP contribution in [-0.4, -0.2) is 31.6 Å². The van der Waals surface area contributed by atoms with E-state index in [1.807, 2.05) is 44.2 Å². The van der Waals surface area contributed by atoms with Crippen LogP contribution in [0.5, 0.6) is 0 Å². The van der Waals surface area contributed by atoms with Gasteiger partial charge in [-0.1, -0.05) is 30.3 Å². The molecular formula is C16H20N4O3. The van der Waals surface area contributed by atoms with Crippen LogP contribution in [0.1, 0.15) is 25.8 Å². The third-order valence-electron chi connectivity index (χ3n) is 3.52. The van der Waals surface area contributed by atoms with Crippen molar-refractivity contribution < 1.29 is 9.72 Å². The Balaban J connectivity index is 1.96. The molecule has 0 atom stereocenters. The molecule has 1 aromatic heterocycles. The minimum absolute atomic E-state index is 0.00186. The number of carbonyl (C=O) groups is 1. The molecule has 0 aliphatic carbocycles. The van der Waals surface area contributed by atoms with E-state index in [1.54, 1.807) is 4.90 Å². The maximum absolute atomic E-state index is 12.5. The summed E-state index contributed by atoms with van der Waals surface area (Å²) in [6, 6.07) is 9.88. The van der Waals surface area contributed by atoms with Crippen molar-refractivity contribution in [1.82, 2.24) is 14.7 Å². The van der Waals surface area contributed by atoms with Gasteiger partial charge in [0.1, 0.15) is 12.4 Å². The first kappa shape index (κ1) is 16.7. The molecule has 0 bridgehead atoms. The molecule has 0 fully saturated rings. The van der Waals surface area contributed by atoms with Crippen LogP contribution >= 0.6 is 0 Å². The van der Waals surface area contributed by atoms with Gasteiger partial charge in [0.05, 0.1) is 4.92 Å². The SMILES string of the molecule is CC(C)N(Cc1ccccc1)C(=O)CCn1cc([N+](=O)[O-])cn1. The van der Waals surface area contributed by atoms with Crippen molar-refractivity contribution in [2.24, 2.45) is 0 Å². The summed E-state index contributed by atoms with van der Waals surface area (Å²) < 4.78 is 1.43. The molecular weight excluding hydrogens is 296 g/mol. The Morgan fingerprint density at radius 1 is 1.35 bits per heavy atom. The zero-order valence-electron chi connectivity index (χ0n) is 13.3. The molecule has 0 radical (unpaired) electrons. The summed E-state index contributed by atoms with van der Waals surface area (Å²) >= 11 is 0. The standard InChI is InChI=1S/C16H20N4O3/c1-13(2)19(11-14-6-4-3-5-7-14)16(21)8-9-18-12-15(10-17-18)20(22)23/h3-7,10,12-13H,8-9,11H2,1-2H3. The number of nitro groups is 1. The average molecular weight is 316 g/mol. The first-order valence-corrected chi connectivity index (χ1v) is 7.47. The molecule has 122 valence electrons. The maximum Gasteiger partial charge on any atom is 0.306 e. The Kier molecular flexibility index (Phi) is 5.46. The normalized spacial score (nSPS) is 10.7. The molecule has 0 aliphatic heterocycles. The van der Waals surface area contributed by atoms with Crippen LogP contribution < -0.4 is 0 Å². The highest BCUT2D eigenvalue weighted by Gasteiger charge is 2.18. The molecule has 1 aromatic carbocycles. The van der Waals surface area contributed by atoms with E-state index in [4.69, 9.17) is 0 Å². The van der Waals surface area contributed by atoms with E-state index in [-0.39, 0.29) is 24.1 Å². The lowest BCUT2D eigenvalue weighted by Crippen LogP contribution is -2.36. The van der Waals surface area contributed by atoms with Gasteiger partial charge in [-0.25, -0.2) is 0 Å². The summed E-state index contributed by atoms with van der Waals surface area (Å²) in [7, 11) is 0. The molecule has 0 spiro atoms. The first-order valence-electron chi connectivity index (χ1n) is 7.47. The predicted octanol–water partition coefficient (Wildman–Crippen LogP) is 2.62. The fraction of sp³-hybridized carbons (Fsp3) is 0.375. The third-order valence-corrected chi connectivity index (χ3v) is 3.52. The van der Waals surface area contributed by atoms with Crippen molar-refractivity contribution >= 4 is 11.6 Å². The van der Waals surface area contributed by atoms with Crippen LogP contribution in [0, 0.1) is 10.1 Å². The van der Waals surface area contributed by atoms with Gasteiger partial charge in [0.2, 0.25) is 5.91 Å². The van der Waals surface area contributed by atoms with Crippen LogP contribution in [0.3, 0.4) is 0 Å². The smallest absolute Gasteiger partial charge is 0.306 e. The number of aryl methyl sites for hydroxylation is 1. The van der Waals surface area contributed by atoms with Crippen molar-refractivity contribution in [2.45, 2.75) is 39.4 Å². The summed E-state index contributed by atoms with van der Waals surface area (Å²) in [6.45, 7) is 4.82. The van der Waals surface area contributed by atoms with Crippen molar-refractivity contribution in [1.29, 1.82) is 0 Å². The average Bonchev–Trinajstić information content (AvgIpc) is 3.00. The second kappa shape index (κ2) is 7.53. The van der Waals surface area contributed by atoms with Crippen LogP contribution in [0.15, 0.2) is 42.7 Å². The maximum atomic E-state index is 12.5. The number of amides is 1. The summed E-state index contributed by atoms with van der Waals surface area (Å²) in [5.41, 5.74) is 1.01. The van der Waals surface area contributed by atoms with Gasteiger partial charge >= 0.3 is 5.69 Å². The molecule has 23 heavy (non-hydrogen) atoms. The highest BCUT2D eigenvalue weighted by atomic mass is 16.6. The van der Waals surface area contributed by atoms with Gasteiger partial charge in [0, 0.05) is 25.6 Å². The van der Waals surface area contributed by atoms with E-state index in [2.05, 4.69) is 5.10 Å². The van der Waals surface area contributed by atoms with Gasteiger partial charge in [0.15, 0.2) is 0 Å². The second-order valence-electron chi connectivity index (χ2n) is 5.57. The van der Waals surface area contributed by atoms with Crippen LogP contribution in [0.4, 0.5) is 5.69 Å². The second-order valence-corrected chi connectivity index (χ2v) is 5.57. The quantitative estimate of drug-likeness (QED) is 0.581. The number of nitrogens with zero attached hydrogens (tertiary/aromatic N) is 4. The molecule has 0 saturated heterocycles.